The lowest BCUT2D eigenvalue weighted by Gasteiger charge is -2.39. The fourth-order valence-corrected chi connectivity index (χ4v) is 3.45. The highest BCUT2D eigenvalue weighted by atomic mass is 16.5. The summed E-state index contributed by atoms with van der Waals surface area (Å²) in [6, 6.07) is -0.295. The molecule has 2 aliphatic rings. The molecule has 2 rings (SSSR count). The highest BCUT2D eigenvalue weighted by molar-refractivity contribution is 5.87. The van der Waals surface area contributed by atoms with Crippen molar-refractivity contribution in [2.75, 3.05) is 60.5 Å². The number of nitrogens with zero attached hydrogens (tertiary/aromatic N) is 3. The zero-order valence-electron chi connectivity index (χ0n) is 14.8. The van der Waals surface area contributed by atoms with E-state index in [4.69, 9.17) is 4.74 Å². The number of amides is 4. The molecule has 1 spiro atoms. The summed E-state index contributed by atoms with van der Waals surface area (Å²) in [5, 5.41) is 2.58. The van der Waals surface area contributed by atoms with Gasteiger partial charge in [0, 0.05) is 47.4 Å². The lowest BCUT2D eigenvalue weighted by molar-refractivity contribution is -0.146. The smallest absolute Gasteiger partial charge is 0.317 e. The van der Waals surface area contributed by atoms with Gasteiger partial charge < -0.3 is 24.8 Å². The van der Waals surface area contributed by atoms with Crippen molar-refractivity contribution in [3.05, 3.63) is 0 Å². The molecule has 0 radical (unpaired) electrons. The fourth-order valence-electron chi connectivity index (χ4n) is 3.45. The maximum Gasteiger partial charge on any atom is 0.317 e. The first-order chi connectivity index (χ1) is 11.4. The zero-order chi connectivity index (χ0) is 17.7. The maximum absolute atomic E-state index is 12.8. The fraction of sp³-hybridized carbons (Fsp3) is 0.812. The lowest BCUT2D eigenvalue weighted by Crippen LogP contribution is -2.51. The van der Waals surface area contributed by atoms with Crippen LogP contribution in [0.2, 0.25) is 0 Å². The van der Waals surface area contributed by atoms with Gasteiger partial charge in [-0.3, -0.25) is 9.59 Å². The monoisotopic (exact) mass is 340 g/mol. The Labute approximate surface area is 143 Å². The highest BCUT2D eigenvalue weighted by Crippen LogP contribution is 2.39. The van der Waals surface area contributed by atoms with E-state index in [1.165, 1.54) is 4.90 Å². The summed E-state index contributed by atoms with van der Waals surface area (Å²) in [5.74, 6) is 0.00215. The van der Waals surface area contributed by atoms with E-state index in [0.29, 0.717) is 32.7 Å². The summed E-state index contributed by atoms with van der Waals surface area (Å²) in [6.07, 6.45) is 2.47. The molecule has 1 N–H and O–H groups in total. The Morgan fingerprint density at radius 1 is 1.29 bits per heavy atom. The van der Waals surface area contributed by atoms with Gasteiger partial charge in [0.1, 0.15) is 0 Å². The minimum Gasteiger partial charge on any atom is -0.383 e. The number of nitrogens with one attached hydrogen (secondary N) is 1. The number of methoxy groups -OCH3 is 1. The third-order valence-corrected chi connectivity index (χ3v) is 4.89. The van der Waals surface area contributed by atoms with E-state index in [1.807, 2.05) is 4.90 Å². The minimum absolute atomic E-state index is 0.0331. The topological polar surface area (TPSA) is 82.2 Å². The quantitative estimate of drug-likeness (QED) is 0.748. The lowest BCUT2D eigenvalue weighted by atomic mass is 9.78. The Morgan fingerprint density at radius 3 is 2.71 bits per heavy atom. The van der Waals surface area contributed by atoms with Gasteiger partial charge in [-0.25, -0.2) is 4.79 Å². The van der Waals surface area contributed by atoms with Crippen LogP contribution in [-0.4, -0.2) is 93.1 Å². The Balaban J connectivity index is 1.91. The second-order valence-corrected chi connectivity index (χ2v) is 6.79. The third-order valence-electron chi connectivity index (χ3n) is 4.89. The number of piperidine rings is 1. The molecule has 2 fully saturated rings. The first kappa shape index (κ1) is 18.5. The van der Waals surface area contributed by atoms with E-state index in [-0.39, 0.29) is 24.4 Å². The molecular formula is C16H28N4O4. The number of carbonyl (C=O) groups is 3. The van der Waals surface area contributed by atoms with E-state index in [2.05, 4.69) is 5.32 Å². The molecule has 0 aromatic rings. The Kier molecular flexibility index (Phi) is 6.04. The van der Waals surface area contributed by atoms with Crippen LogP contribution in [0.4, 0.5) is 4.79 Å². The predicted octanol–water partition coefficient (Wildman–Crippen LogP) is -0.255. The van der Waals surface area contributed by atoms with Crippen molar-refractivity contribution < 1.29 is 19.1 Å². The summed E-state index contributed by atoms with van der Waals surface area (Å²) in [7, 11) is 4.88. The second kappa shape index (κ2) is 7.83. The largest absolute Gasteiger partial charge is 0.383 e. The van der Waals surface area contributed by atoms with Gasteiger partial charge >= 0.3 is 6.03 Å². The van der Waals surface area contributed by atoms with Gasteiger partial charge in [0.25, 0.3) is 0 Å². The maximum atomic E-state index is 12.8. The van der Waals surface area contributed by atoms with E-state index < -0.39 is 5.41 Å². The van der Waals surface area contributed by atoms with Crippen LogP contribution in [0.15, 0.2) is 0 Å². The molecule has 8 nitrogen and oxygen atoms in total. The van der Waals surface area contributed by atoms with Crippen LogP contribution in [0.5, 0.6) is 0 Å². The number of rotatable bonds is 5. The molecule has 0 saturated carbocycles. The van der Waals surface area contributed by atoms with Crippen molar-refractivity contribution >= 4 is 17.8 Å². The number of hydrogen-bond acceptors (Lipinski definition) is 4. The summed E-state index contributed by atoms with van der Waals surface area (Å²) in [5.41, 5.74) is -0.451. The van der Waals surface area contributed by atoms with Gasteiger partial charge in [-0.05, 0) is 19.3 Å². The predicted molar refractivity (Wildman–Crippen MR) is 88.4 cm³/mol. The summed E-state index contributed by atoms with van der Waals surface area (Å²) in [6.45, 7) is 2.88. The van der Waals surface area contributed by atoms with E-state index >= 15 is 0 Å². The van der Waals surface area contributed by atoms with Crippen molar-refractivity contribution in [3.8, 4) is 0 Å². The first-order valence-electron chi connectivity index (χ1n) is 8.41. The van der Waals surface area contributed by atoms with Crippen molar-refractivity contribution in [3.63, 3.8) is 0 Å². The average molecular weight is 340 g/mol. The number of carbonyl (C=O) groups excluding carboxylic acids is 3. The van der Waals surface area contributed by atoms with Crippen LogP contribution in [0.25, 0.3) is 0 Å². The van der Waals surface area contributed by atoms with E-state index in [9.17, 15) is 14.4 Å². The molecule has 2 saturated heterocycles. The standard InChI is InChI=1S/C16H28N4O4/c1-18(2)15(23)17-11-13(21)20-8-6-16(12-20)5-4-7-19(14(16)22)9-10-24-3/h4-12H2,1-3H3,(H,17,23)/t16-/m1/s1. The highest BCUT2D eigenvalue weighted by Gasteiger charge is 2.49. The normalized spacial score (nSPS) is 23.7. The first-order valence-corrected chi connectivity index (χ1v) is 8.41. The van der Waals surface area contributed by atoms with Gasteiger partial charge in [-0.15, -0.1) is 0 Å². The van der Waals surface area contributed by atoms with Crippen LogP contribution in [0.3, 0.4) is 0 Å². The molecule has 0 aromatic carbocycles. The van der Waals surface area contributed by atoms with Gasteiger partial charge in [-0.2, -0.15) is 0 Å². The number of urea groups is 1. The molecule has 0 unspecified atom stereocenters. The van der Waals surface area contributed by atoms with Crippen molar-refractivity contribution in [1.82, 2.24) is 20.0 Å². The SMILES string of the molecule is COCCN1CCC[C@]2(CCN(C(=O)CNC(=O)N(C)C)C2)C1=O. The van der Waals surface area contributed by atoms with Crippen molar-refractivity contribution in [2.45, 2.75) is 19.3 Å². The minimum atomic E-state index is -0.451. The molecule has 24 heavy (non-hydrogen) atoms. The van der Waals surface area contributed by atoms with Crippen molar-refractivity contribution in [2.24, 2.45) is 5.41 Å². The summed E-state index contributed by atoms with van der Waals surface area (Å²) < 4.78 is 5.07. The average Bonchev–Trinajstić information content (AvgIpc) is 2.99. The molecule has 0 aliphatic carbocycles. The van der Waals surface area contributed by atoms with E-state index in [1.54, 1.807) is 26.1 Å². The van der Waals surface area contributed by atoms with Gasteiger partial charge in [-0.1, -0.05) is 0 Å². The molecule has 0 aromatic heterocycles. The van der Waals surface area contributed by atoms with Crippen LogP contribution < -0.4 is 5.32 Å². The molecular weight excluding hydrogens is 312 g/mol. The summed E-state index contributed by atoms with van der Waals surface area (Å²) >= 11 is 0. The van der Waals surface area contributed by atoms with E-state index in [0.717, 1.165) is 19.4 Å². The summed E-state index contributed by atoms with van der Waals surface area (Å²) in [4.78, 5) is 41.6. The molecule has 8 heteroatoms. The number of ether oxygens (including phenoxy) is 1. The number of likely N-dealkylation sites (tertiary alicyclic amines) is 2. The third kappa shape index (κ3) is 3.98. The Hall–Kier alpha value is -1.83. The zero-order valence-corrected chi connectivity index (χ0v) is 14.8. The second-order valence-electron chi connectivity index (χ2n) is 6.79. The van der Waals surface area contributed by atoms with Crippen LogP contribution in [0.1, 0.15) is 19.3 Å². The Bertz CT molecular complexity index is 496. The van der Waals surface area contributed by atoms with Crippen molar-refractivity contribution in [1.29, 1.82) is 0 Å². The van der Waals surface area contributed by atoms with Gasteiger partial charge in [0.15, 0.2) is 0 Å². The molecule has 0 bridgehead atoms. The Morgan fingerprint density at radius 2 is 2.04 bits per heavy atom. The molecule has 2 aliphatic heterocycles. The molecule has 2 heterocycles. The number of hydrogen-bond donors (Lipinski definition) is 1. The molecule has 1 atom stereocenters. The van der Waals surface area contributed by atoms with Crippen LogP contribution in [-0.2, 0) is 14.3 Å². The van der Waals surface area contributed by atoms with Gasteiger partial charge in [0.05, 0.1) is 18.6 Å². The van der Waals surface area contributed by atoms with Crippen LogP contribution in [0, 0.1) is 5.41 Å². The molecule has 136 valence electrons. The van der Waals surface area contributed by atoms with Crippen LogP contribution >= 0.6 is 0 Å². The molecule has 4 amide bonds. The van der Waals surface area contributed by atoms with Gasteiger partial charge in [0.2, 0.25) is 11.8 Å².